The Hall–Kier alpha value is -0.810. The zero-order chi connectivity index (χ0) is 10.7. The van der Waals surface area contributed by atoms with Crippen molar-refractivity contribution in [2.75, 3.05) is 13.1 Å². The van der Waals surface area contributed by atoms with E-state index in [-0.39, 0.29) is 5.25 Å². The minimum Gasteiger partial charge on any atom is -0.317 e. The van der Waals surface area contributed by atoms with E-state index in [1.165, 1.54) is 0 Å². The van der Waals surface area contributed by atoms with Gasteiger partial charge in [-0.25, -0.2) is 0 Å². The molecule has 1 aliphatic heterocycles. The summed E-state index contributed by atoms with van der Waals surface area (Å²) < 4.78 is 12.1. The Kier molecular flexibility index (Phi) is 3.43. The first kappa shape index (κ1) is 10.7. The molecule has 1 aliphatic rings. The highest BCUT2D eigenvalue weighted by atomic mass is 32.2. The van der Waals surface area contributed by atoms with Gasteiger partial charge in [0.25, 0.3) is 0 Å². The zero-order valence-corrected chi connectivity index (χ0v) is 9.59. The molecule has 0 radical (unpaired) electrons. The first-order chi connectivity index (χ1) is 7.27. The van der Waals surface area contributed by atoms with E-state index in [0.717, 1.165) is 31.6 Å². The molecule has 0 aromatic carbocycles. The van der Waals surface area contributed by atoms with Gasteiger partial charge in [-0.2, -0.15) is 5.10 Å². The molecule has 2 rings (SSSR count). The van der Waals surface area contributed by atoms with E-state index >= 15 is 0 Å². The Morgan fingerprint density at radius 1 is 1.33 bits per heavy atom. The molecule has 1 saturated heterocycles. The number of aryl methyl sites for hydroxylation is 1. The number of hydrogen-bond donors (Lipinski definition) is 1. The van der Waals surface area contributed by atoms with Crippen LogP contribution in [-0.4, -0.2) is 32.7 Å². The highest BCUT2D eigenvalue weighted by molar-refractivity contribution is 7.85. The molecule has 0 aliphatic carbocycles. The molecular formula is C10H15N3OS. The lowest BCUT2D eigenvalue weighted by atomic mass is 10.2. The Morgan fingerprint density at radius 3 is 2.67 bits per heavy atom. The fourth-order valence-electron chi connectivity index (χ4n) is 1.67. The minimum absolute atomic E-state index is 0.239. The molecule has 1 atom stereocenters. The van der Waals surface area contributed by atoms with Crippen LogP contribution in [0.3, 0.4) is 0 Å². The Labute approximate surface area is 91.9 Å². The molecule has 0 spiro atoms. The maximum Gasteiger partial charge on any atom is 0.150 e. The van der Waals surface area contributed by atoms with Crippen molar-refractivity contribution in [1.29, 1.82) is 0 Å². The third-order valence-corrected chi connectivity index (χ3v) is 4.28. The molecular weight excluding hydrogens is 210 g/mol. The number of nitrogens with zero attached hydrogens (tertiary/aromatic N) is 2. The summed E-state index contributed by atoms with van der Waals surface area (Å²) in [5.41, 5.74) is 0.862. The van der Waals surface area contributed by atoms with Gasteiger partial charge in [0, 0.05) is 5.25 Å². The van der Waals surface area contributed by atoms with Crippen molar-refractivity contribution >= 4 is 10.8 Å². The van der Waals surface area contributed by atoms with Crippen molar-refractivity contribution in [3.63, 3.8) is 0 Å². The van der Waals surface area contributed by atoms with Crippen LogP contribution in [0.2, 0.25) is 0 Å². The summed E-state index contributed by atoms with van der Waals surface area (Å²) >= 11 is 0. The lowest BCUT2D eigenvalue weighted by Gasteiger charge is -2.21. The number of hydrogen-bond acceptors (Lipinski definition) is 4. The number of piperidine rings is 1. The van der Waals surface area contributed by atoms with Crippen molar-refractivity contribution in [3.05, 3.63) is 17.8 Å². The molecule has 0 bridgehead atoms. The SMILES string of the molecule is Cc1ccc([S@@](=O)C2CCNCC2)nn1. The number of nitrogens with one attached hydrogen (secondary N) is 1. The van der Waals surface area contributed by atoms with Crippen LogP contribution in [0.15, 0.2) is 17.2 Å². The number of rotatable bonds is 2. The Bertz CT molecular complexity index is 346. The van der Waals surface area contributed by atoms with E-state index in [4.69, 9.17) is 0 Å². The molecule has 5 heteroatoms. The van der Waals surface area contributed by atoms with Crippen LogP contribution >= 0.6 is 0 Å². The van der Waals surface area contributed by atoms with Gasteiger partial charge in [0.15, 0.2) is 0 Å². The molecule has 0 amide bonds. The molecule has 1 N–H and O–H groups in total. The second kappa shape index (κ2) is 4.81. The summed E-state index contributed by atoms with van der Waals surface area (Å²) in [7, 11) is -0.992. The standard InChI is InChI=1S/C10H15N3OS/c1-8-2-3-10(13-12-8)15(14)9-4-6-11-7-5-9/h2-3,9,11H,4-7H2,1H3/t15-/m0/s1. The topological polar surface area (TPSA) is 54.9 Å². The van der Waals surface area contributed by atoms with Crippen LogP contribution < -0.4 is 5.32 Å². The normalized spacial score (nSPS) is 20.1. The van der Waals surface area contributed by atoms with Crippen molar-refractivity contribution < 1.29 is 4.21 Å². The minimum atomic E-state index is -0.992. The van der Waals surface area contributed by atoms with Gasteiger partial charge in [0.05, 0.1) is 16.5 Å². The van der Waals surface area contributed by atoms with Crippen molar-refractivity contribution in [2.45, 2.75) is 30.0 Å². The smallest absolute Gasteiger partial charge is 0.150 e. The average Bonchev–Trinajstić information content (AvgIpc) is 2.30. The van der Waals surface area contributed by atoms with E-state index in [2.05, 4.69) is 15.5 Å². The maximum atomic E-state index is 12.1. The fourth-order valence-corrected chi connectivity index (χ4v) is 3.00. The molecule has 0 saturated carbocycles. The second-order valence-corrected chi connectivity index (χ2v) is 5.44. The first-order valence-corrected chi connectivity index (χ1v) is 6.40. The molecule has 82 valence electrons. The molecule has 1 fully saturated rings. The fraction of sp³-hybridized carbons (Fsp3) is 0.600. The second-order valence-electron chi connectivity index (χ2n) is 3.76. The third-order valence-electron chi connectivity index (χ3n) is 2.57. The van der Waals surface area contributed by atoms with Crippen LogP contribution in [-0.2, 0) is 10.8 Å². The molecule has 15 heavy (non-hydrogen) atoms. The summed E-state index contributed by atoms with van der Waals surface area (Å²) in [5.74, 6) is 0. The van der Waals surface area contributed by atoms with Crippen molar-refractivity contribution in [2.24, 2.45) is 0 Å². The molecule has 2 heterocycles. The quantitative estimate of drug-likeness (QED) is 0.802. The summed E-state index contributed by atoms with van der Waals surface area (Å²) in [6, 6.07) is 3.68. The predicted molar refractivity (Wildman–Crippen MR) is 59.1 cm³/mol. The van der Waals surface area contributed by atoms with E-state index in [1.54, 1.807) is 0 Å². The van der Waals surface area contributed by atoms with Crippen LogP contribution in [0.5, 0.6) is 0 Å². The predicted octanol–water partition coefficient (Wildman–Crippen LogP) is 0.645. The summed E-state index contributed by atoms with van der Waals surface area (Å²) in [6.45, 7) is 3.79. The average molecular weight is 225 g/mol. The van der Waals surface area contributed by atoms with Crippen LogP contribution in [0, 0.1) is 6.92 Å². The number of aromatic nitrogens is 2. The van der Waals surface area contributed by atoms with Crippen LogP contribution in [0.4, 0.5) is 0 Å². The lowest BCUT2D eigenvalue weighted by molar-refractivity contribution is 0.518. The monoisotopic (exact) mass is 225 g/mol. The lowest BCUT2D eigenvalue weighted by Crippen LogP contribution is -2.33. The van der Waals surface area contributed by atoms with E-state index in [1.807, 2.05) is 19.1 Å². The largest absolute Gasteiger partial charge is 0.317 e. The van der Waals surface area contributed by atoms with Crippen molar-refractivity contribution in [3.8, 4) is 0 Å². The molecule has 1 aromatic rings. The molecule has 0 unspecified atom stereocenters. The summed E-state index contributed by atoms with van der Waals surface area (Å²) in [6.07, 6.45) is 1.92. The maximum absolute atomic E-state index is 12.1. The highest BCUT2D eigenvalue weighted by Gasteiger charge is 2.21. The van der Waals surface area contributed by atoms with Crippen LogP contribution in [0.1, 0.15) is 18.5 Å². The third kappa shape index (κ3) is 2.60. The van der Waals surface area contributed by atoms with Gasteiger partial charge in [-0.15, -0.1) is 5.10 Å². The van der Waals surface area contributed by atoms with Gasteiger partial charge in [0.2, 0.25) is 0 Å². The first-order valence-electron chi connectivity index (χ1n) is 5.19. The zero-order valence-electron chi connectivity index (χ0n) is 8.77. The van der Waals surface area contributed by atoms with Gasteiger partial charge < -0.3 is 5.32 Å². The Balaban J connectivity index is 2.09. The Morgan fingerprint density at radius 2 is 2.07 bits per heavy atom. The molecule has 4 nitrogen and oxygen atoms in total. The highest BCUT2D eigenvalue weighted by Crippen LogP contribution is 2.15. The van der Waals surface area contributed by atoms with Gasteiger partial charge in [-0.05, 0) is 45.0 Å². The van der Waals surface area contributed by atoms with Gasteiger partial charge >= 0.3 is 0 Å². The van der Waals surface area contributed by atoms with Crippen LogP contribution in [0.25, 0.3) is 0 Å². The van der Waals surface area contributed by atoms with E-state index < -0.39 is 10.8 Å². The van der Waals surface area contributed by atoms with Gasteiger partial charge in [0.1, 0.15) is 5.03 Å². The molecule has 1 aromatic heterocycles. The van der Waals surface area contributed by atoms with Crippen molar-refractivity contribution in [1.82, 2.24) is 15.5 Å². The van der Waals surface area contributed by atoms with E-state index in [9.17, 15) is 4.21 Å². The summed E-state index contributed by atoms with van der Waals surface area (Å²) in [5, 5.41) is 12.0. The van der Waals surface area contributed by atoms with Gasteiger partial charge in [-0.3, -0.25) is 4.21 Å². The van der Waals surface area contributed by atoms with Gasteiger partial charge in [-0.1, -0.05) is 0 Å². The summed E-state index contributed by atoms with van der Waals surface area (Å²) in [4.78, 5) is 0. The van der Waals surface area contributed by atoms with E-state index in [0.29, 0.717) is 5.03 Å².